The van der Waals surface area contributed by atoms with E-state index in [4.69, 9.17) is 20.4 Å². The maximum absolute atomic E-state index is 14.4. The molecular weight excluding hydrogens is 797 g/mol. The zero-order valence-electron chi connectivity index (χ0n) is 34.8. The SMILES string of the molecule is CCCCCC#Cc1cc(F)c(C(=O)O)c(F)c1.CCCCCC#Cc1cc(F)c(C(=O)Oc2cc(C)c(C#N)c(=O)n2CC)c(F)c1.CCn1c(O)c(C#N)c(C)cc1=O. The number of carbonyl (C=O) groups excluding carboxylic acids is 1. The summed E-state index contributed by atoms with van der Waals surface area (Å²) in [5, 5.41) is 35.9. The predicted molar refractivity (Wildman–Crippen MR) is 220 cm³/mol. The zero-order chi connectivity index (χ0) is 45.8. The Bertz CT molecular complexity index is 2530. The van der Waals surface area contributed by atoms with E-state index in [2.05, 4.69) is 37.5 Å². The van der Waals surface area contributed by atoms with Gasteiger partial charge >= 0.3 is 11.9 Å². The van der Waals surface area contributed by atoms with Crippen molar-refractivity contribution in [3.63, 3.8) is 0 Å². The van der Waals surface area contributed by atoms with Gasteiger partial charge in [0, 0.05) is 49.2 Å². The van der Waals surface area contributed by atoms with E-state index in [0.717, 1.165) is 71.9 Å². The number of unbranched alkanes of at least 4 members (excludes halogenated alkanes) is 6. The van der Waals surface area contributed by atoms with Gasteiger partial charge in [-0.2, -0.15) is 10.5 Å². The Morgan fingerprint density at radius 2 is 1.11 bits per heavy atom. The minimum Gasteiger partial charge on any atom is -0.493 e. The Kier molecular flexibility index (Phi) is 20.3. The average molecular weight is 843 g/mol. The Morgan fingerprint density at radius 1 is 0.672 bits per heavy atom. The predicted octanol–water partition coefficient (Wildman–Crippen LogP) is 8.83. The lowest BCUT2D eigenvalue weighted by molar-refractivity contribution is 0.0681. The van der Waals surface area contributed by atoms with Gasteiger partial charge in [0.15, 0.2) is 0 Å². The summed E-state index contributed by atoms with van der Waals surface area (Å²) >= 11 is 0. The number of aromatic nitrogens is 2. The van der Waals surface area contributed by atoms with Crippen LogP contribution in [0.2, 0.25) is 0 Å². The van der Waals surface area contributed by atoms with Gasteiger partial charge in [-0.05, 0) is 75.9 Å². The number of aromatic hydroxyl groups is 1. The second-order valence-electron chi connectivity index (χ2n) is 13.3. The number of carbonyl (C=O) groups is 2. The molecule has 0 amide bonds. The van der Waals surface area contributed by atoms with Crippen LogP contribution in [0.15, 0.2) is 46.0 Å². The number of halogens is 4. The molecule has 0 spiro atoms. The quantitative estimate of drug-likeness (QED) is 0.0647. The van der Waals surface area contributed by atoms with Gasteiger partial charge in [-0.3, -0.25) is 18.7 Å². The number of hydrogen-bond donors (Lipinski definition) is 2. The summed E-state index contributed by atoms with van der Waals surface area (Å²) in [6.45, 7) is 11.1. The molecule has 0 aliphatic rings. The van der Waals surface area contributed by atoms with Gasteiger partial charge in [0.25, 0.3) is 11.1 Å². The van der Waals surface area contributed by atoms with Crippen molar-refractivity contribution in [3.05, 3.63) is 125 Å². The van der Waals surface area contributed by atoms with Crippen LogP contribution >= 0.6 is 0 Å². The van der Waals surface area contributed by atoms with E-state index in [1.165, 1.54) is 19.1 Å². The highest BCUT2D eigenvalue weighted by Crippen LogP contribution is 2.21. The third-order valence-corrected chi connectivity index (χ3v) is 8.77. The first kappa shape index (κ1) is 50.0. The van der Waals surface area contributed by atoms with E-state index in [0.29, 0.717) is 30.5 Å². The molecule has 0 fully saturated rings. The van der Waals surface area contributed by atoms with Crippen LogP contribution in [0.4, 0.5) is 17.6 Å². The first-order valence-corrected chi connectivity index (χ1v) is 19.4. The molecule has 4 rings (SSSR count). The summed E-state index contributed by atoms with van der Waals surface area (Å²) < 4.78 is 62.8. The molecule has 61 heavy (non-hydrogen) atoms. The summed E-state index contributed by atoms with van der Waals surface area (Å²) in [6, 6.07) is 10.2. The van der Waals surface area contributed by atoms with Gasteiger partial charge in [-0.25, -0.2) is 27.2 Å². The van der Waals surface area contributed by atoms with E-state index in [9.17, 15) is 41.8 Å². The minimum atomic E-state index is -1.62. The average Bonchev–Trinajstić information content (AvgIpc) is 3.18. The van der Waals surface area contributed by atoms with Crippen LogP contribution in [0, 0.1) is 83.5 Å². The van der Waals surface area contributed by atoms with E-state index < -0.39 is 51.9 Å². The van der Waals surface area contributed by atoms with Crippen LogP contribution in [0.3, 0.4) is 0 Å². The van der Waals surface area contributed by atoms with Gasteiger partial charge in [-0.15, -0.1) is 0 Å². The third-order valence-electron chi connectivity index (χ3n) is 8.77. The van der Waals surface area contributed by atoms with Crippen LogP contribution < -0.4 is 15.9 Å². The van der Waals surface area contributed by atoms with Crippen LogP contribution in [0.1, 0.15) is 133 Å². The number of hydrogen-bond acceptors (Lipinski definition) is 8. The number of aryl methyl sites for hydroxylation is 2. The van der Waals surface area contributed by atoms with Crippen LogP contribution in [-0.4, -0.2) is 31.3 Å². The molecule has 15 heteroatoms. The fraction of sp³-hybridized carbons (Fsp3) is 0.348. The number of nitrogens with zero attached hydrogens (tertiary/aromatic N) is 4. The Balaban J connectivity index is 0.000000349. The molecule has 0 saturated heterocycles. The van der Waals surface area contributed by atoms with Crippen molar-refractivity contribution < 1.29 is 42.1 Å². The van der Waals surface area contributed by atoms with Crippen LogP contribution in [-0.2, 0) is 13.1 Å². The second-order valence-corrected chi connectivity index (χ2v) is 13.3. The van der Waals surface area contributed by atoms with Gasteiger partial charge in [-0.1, -0.05) is 63.2 Å². The molecule has 11 nitrogen and oxygen atoms in total. The number of rotatable bonds is 11. The molecule has 0 atom stereocenters. The van der Waals surface area contributed by atoms with Crippen molar-refractivity contribution in [2.75, 3.05) is 0 Å². The van der Waals surface area contributed by atoms with Gasteiger partial charge in [0.2, 0.25) is 11.8 Å². The number of benzene rings is 2. The van der Waals surface area contributed by atoms with Crippen molar-refractivity contribution in [2.24, 2.45) is 0 Å². The third kappa shape index (κ3) is 14.0. The number of ether oxygens (including phenoxy) is 1. The van der Waals surface area contributed by atoms with Crippen LogP contribution in [0.25, 0.3) is 0 Å². The molecule has 0 bridgehead atoms. The summed E-state index contributed by atoms with van der Waals surface area (Å²) in [5.74, 6) is 3.25. The number of esters is 1. The molecule has 320 valence electrons. The summed E-state index contributed by atoms with van der Waals surface area (Å²) in [5.41, 5.74) is -1.56. The molecule has 0 saturated carbocycles. The highest BCUT2D eigenvalue weighted by atomic mass is 19.1. The van der Waals surface area contributed by atoms with E-state index >= 15 is 0 Å². The molecule has 0 aliphatic carbocycles. The standard InChI is InChI=1S/C23H22F2N2O3.C14H14F2O2.C9H10N2O2/c1-4-6-7-8-9-10-16-12-18(24)21(19(25)13-16)23(29)30-20-11-15(3)17(14-26)22(28)27(20)5-2;1-2-3-4-5-6-7-10-8-11(15)13(14(17)18)12(16)9-10;1-3-11-8(12)4-6(2)7(5-10)9(11)13/h11-13H,4-8H2,1-3H3;8-9H,2-5H2,1H3,(H,17,18);4,13H,3H2,1-2H3. The number of nitriles is 2. The molecule has 2 aromatic carbocycles. The molecule has 2 aromatic heterocycles. The number of carboxylic acid groups (broad SMARTS) is 1. The number of carboxylic acids is 1. The highest BCUT2D eigenvalue weighted by Gasteiger charge is 2.23. The smallest absolute Gasteiger partial charge is 0.350 e. The maximum atomic E-state index is 14.4. The minimum absolute atomic E-state index is 0.0872. The van der Waals surface area contributed by atoms with E-state index in [-0.39, 0.29) is 46.1 Å². The van der Waals surface area contributed by atoms with Crippen molar-refractivity contribution in [3.8, 4) is 47.6 Å². The van der Waals surface area contributed by atoms with Gasteiger partial charge in [0.1, 0.15) is 57.7 Å². The Hall–Kier alpha value is -7.10. The fourth-order valence-electron chi connectivity index (χ4n) is 5.55. The molecular formula is C46H46F4N4O7. The molecule has 0 aliphatic heterocycles. The summed E-state index contributed by atoms with van der Waals surface area (Å²) in [6.07, 6.45) is 7.36. The van der Waals surface area contributed by atoms with Crippen LogP contribution in [0.5, 0.6) is 11.8 Å². The number of aromatic carboxylic acids is 1. The van der Waals surface area contributed by atoms with Gasteiger partial charge in [0.05, 0.1) is 0 Å². The second kappa shape index (κ2) is 24.7. The van der Waals surface area contributed by atoms with E-state index in [1.807, 2.05) is 6.07 Å². The molecule has 0 radical (unpaired) electrons. The lowest BCUT2D eigenvalue weighted by Gasteiger charge is -2.13. The van der Waals surface area contributed by atoms with Gasteiger partial charge < -0.3 is 14.9 Å². The van der Waals surface area contributed by atoms with Crippen molar-refractivity contribution >= 4 is 11.9 Å². The molecule has 2 heterocycles. The highest BCUT2D eigenvalue weighted by molar-refractivity contribution is 5.91. The first-order valence-electron chi connectivity index (χ1n) is 19.4. The normalized spacial score (nSPS) is 9.90. The van der Waals surface area contributed by atoms with Crippen molar-refractivity contribution in [1.29, 1.82) is 10.5 Å². The lowest BCUT2D eigenvalue weighted by atomic mass is 10.1. The lowest BCUT2D eigenvalue weighted by Crippen LogP contribution is -2.26. The van der Waals surface area contributed by atoms with Crippen molar-refractivity contribution in [2.45, 2.75) is 106 Å². The Labute approximate surface area is 351 Å². The maximum Gasteiger partial charge on any atom is 0.350 e. The molecule has 2 N–H and O–H groups in total. The molecule has 0 unspecified atom stereocenters. The Morgan fingerprint density at radius 3 is 1.52 bits per heavy atom. The number of pyridine rings is 2. The topological polar surface area (TPSA) is 175 Å². The van der Waals surface area contributed by atoms with Crippen molar-refractivity contribution in [1.82, 2.24) is 9.13 Å². The fourth-order valence-corrected chi connectivity index (χ4v) is 5.55. The largest absolute Gasteiger partial charge is 0.493 e. The first-order chi connectivity index (χ1) is 29.0. The van der Waals surface area contributed by atoms with E-state index in [1.54, 1.807) is 26.8 Å². The molecule has 4 aromatic rings. The summed E-state index contributed by atoms with van der Waals surface area (Å²) in [7, 11) is 0. The monoisotopic (exact) mass is 842 g/mol. The summed E-state index contributed by atoms with van der Waals surface area (Å²) in [4.78, 5) is 46.6. The zero-order valence-corrected chi connectivity index (χ0v) is 34.8.